The molecule has 150 valence electrons. The molecule has 0 radical (unpaired) electrons. The molecule has 1 amide bonds. The number of likely N-dealkylation sites (tertiary alicyclic amines) is 1. The van der Waals surface area contributed by atoms with E-state index in [0.717, 1.165) is 57.0 Å². The number of aromatic nitrogens is 1. The van der Waals surface area contributed by atoms with Crippen LogP contribution in [0.2, 0.25) is 0 Å². The number of carbonyl (C=O) groups is 1. The first-order valence-corrected chi connectivity index (χ1v) is 10.9. The third-order valence-corrected chi connectivity index (χ3v) is 6.79. The molecule has 2 saturated heterocycles. The predicted octanol–water partition coefficient (Wildman–Crippen LogP) is 3.20. The van der Waals surface area contributed by atoms with E-state index in [1.807, 2.05) is 6.07 Å². The topological polar surface area (TPSA) is 48.6 Å². The SMILES string of the molecule is O=C(CCc1c[nH]c2ccccc12)N1CC(N(CC2CC2)C2CCOCC2)C1. The Morgan fingerprint density at radius 1 is 1.11 bits per heavy atom. The highest BCUT2D eigenvalue weighted by Gasteiger charge is 2.40. The van der Waals surface area contributed by atoms with Crippen molar-refractivity contribution >= 4 is 16.8 Å². The summed E-state index contributed by atoms with van der Waals surface area (Å²) in [7, 11) is 0. The fraction of sp³-hybridized carbons (Fsp3) is 0.609. The number of fused-ring (bicyclic) bond motifs is 1. The van der Waals surface area contributed by atoms with Crippen LogP contribution in [0.1, 0.15) is 37.7 Å². The maximum atomic E-state index is 12.7. The second-order valence-electron chi connectivity index (χ2n) is 8.80. The van der Waals surface area contributed by atoms with Crippen molar-refractivity contribution in [2.45, 2.75) is 50.6 Å². The number of amides is 1. The number of rotatable bonds is 7. The second-order valence-corrected chi connectivity index (χ2v) is 8.80. The highest BCUT2D eigenvalue weighted by molar-refractivity contribution is 5.84. The largest absolute Gasteiger partial charge is 0.381 e. The molecule has 0 atom stereocenters. The van der Waals surface area contributed by atoms with Gasteiger partial charge in [0.25, 0.3) is 0 Å². The number of aryl methyl sites for hydroxylation is 1. The molecule has 1 N–H and O–H groups in total. The Morgan fingerprint density at radius 3 is 2.68 bits per heavy atom. The van der Waals surface area contributed by atoms with Crippen molar-refractivity contribution in [1.29, 1.82) is 0 Å². The van der Waals surface area contributed by atoms with E-state index < -0.39 is 0 Å². The van der Waals surface area contributed by atoms with Crippen LogP contribution >= 0.6 is 0 Å². The number of benzene rings is 1. The number of para-hydroxylation sites is 1. The maximum absolute atomic E-state index is 12.7. The van der Waals surface area contributed by atoms with Gasteiger partial charge in [-0.15, -0.1) is 0 Å². The molecule has 3 aliphatic rings. The van der Waals surface area contributed by atoms with Gasteiger partial charge in [-0.05, 0) is 49.7 Å². The highest BCUT2D eigenvalue weighted by atomic mass is 16.5. The molecular weight excluding hydrogens is 350 g/mol. The normalized spacial score (nSPS) is 21.4. The Kier molecular flexibility index (Phi) is 5.12. The number of hydrogen-bond donors (Lipinski definition) is 1. The van der Waals surface area contributed by atoms with Crippen LogP contribution in [0, 0.1) is 5.92 Å². The van der Waals surface area contributed by atoms with Gasteiger partial charge >= 0.3 is 0 Å². The van der Waals surface area contributed by atoms with E-state index in [2.05, 4.69) is 39.2 Å². The average molecular weight is 382 g/mol. The van der Waals surface area contributed by atoms with Crippen LogP contribution in [0.4, 0.5) is 0 Å². The van der Waals surface area contributed by atoms with Gasteiger partial charge in [0, 0.05) is 68.5 Å². The lowest BCUT2D eigenvalue weighted by molar-refractivity contribution is -0.140. The van der Waals surface area contributed by atoms with Gasteiger partial charge < -0.3 is 14.6 Å². The third kappa shape index (κ3) is 3.83. The number of aromatic amines is 1. The first-order chi connectivity index (χ1) is 13.8. The second kappa shape index (κ2) is 7.88. The Labute approximate surface area is 167 Å². The zero-order valence-corrected chi connectivity index (χ0v) is 16.6. The van der Waals surface area contributed by atoms with E-state index in [1.165, 1.54) is 30.3 Å². The molecule has 3 heterocycles. The summed E-state index contributed by atoms with van der Waals surface area (Å²) in [5, 5.41) is 1.24. The van der Waals surface area contributed by atoms with Crippen molar-refractivity contribution < 1.29 is 9.53 Å². The summed E-state index contributed by atoms with van der Waals surface area (Å²) in [6.07, 6.45) is 8.55. The molecule has 0 bridgehead atoms. The molecule has 2 aliphatic heterocycles. The average Bonchev–Trinajstić information content (AvgIpc) is 3.42. The Morgan fingerprint density at radius 2 is 1.89 bits per heavy atom. The van der Waals surface area contributed by atoms with Crippen molar-refractivity contribution in [2.75, 3.05) is 32.8 Å². The molecule has 0 spiro atoms. The highest BCUT2D eigenvalue weighted by Crippen LogP contribution is 2.34. The Hall–Kier alpha value is -1.85. The number of ether oxygens (including phenoxy) is 1. The maximum Gasteiger partial charge on any atom is 0.223 e. The lowest BCUT2D eigenvalue weighted by atomic mass is 9.98. The van der Waals surface area contributed by atoms with Gasteiger partial charge in [0.15, 0.2) is 0 Å². The fourth-order valence-electron chi connectivity index (χ4n) is 4.82. The molecule has 5 rings (SSSR count). The van der Waals surface area contributed by atoms with Crippen molar-refractivity contribution in [3.8, 4) is 0 Å². The summed E-state index contributed by atoms with van der Waals surface area (Å²) in [6.45, 7) is 4.85. The van der Waals surface area contributed by atoms with E-state index in [-0.39, 0.29) is 0 Å². The predicted molar refractivity (Wildman–Crippen MR) is 110 cm³/mol. The lowest BCUT2D eigenvalue weighted by Gasteiger charge is -2.49. The molecule has 1 aromatic carbocycles. The zero-order chi connectivity index (χ0) is 18.9. The quantitative estimate of drug-likeness (QED) is 0.801. The minimum absolute atomic E-state index is 0.305. The van der Waals surface area contributed by atoms with Crippen LogP contribution in [0.3, 0.4) is 0 Å². The Balaban J connectivity index is 1.14. The number of carbonyl (C=O) groups excluding carboxylic acids is 1. The molecule has 3 fully saturated rings. The van der Waals surface area contributed by atoms with Gasteiger partial charge in [-0.2, -0.15) is 0 Å². The summed E-state index contributed by atoms with van der Waals surface area (Å²) < 4.78 is 5.57. The smallest absolute Gasteiger partial charge is 0.223 e. The number of H-pyrrole nitrogens is 1. The van der Waals surface area contributed by atoms with Crippen LogP contribution < -0.4 is 0 Å². The van der Waals surface area contributed by atoms with Gasteiger partial charge in [0.2, 0.25) is 5.91 Å². The van der Waals surface area contributed by atoms with Gasteiger partial charge in [0.1, 0.15) is 0 Å². The Bertz CT molecular complexity index is 816. The molecule has 5 heteroatoms. The van der Waals surface area contributed by atoms with Gasteiger partial charge in [0.05, 0.1) is 0 Å². The first-order valence-electron chi connectivity index (χ1n) is 10.9. The minimum Gasteiger partial charge on any atom is -0.381 e. The van der Waals surface area contributed by atoms with E-state index >= 15 is 0 Å². The van der Waals surface area contributed by atoms with Crippen LogP contribution in [-0.2, 0) is 16.0 Å². The summed E-state index contributed by atoms with van der Waals surface area (Å²) in [5.74, 6) is 1.20. The van der Waals surface area contributed by atoms with Crippen LogP contribution in [0.15, 0.2) is 30.5 Å². The van der Waals surface area contributed by atoms with E-state index in [9.17, 15) is 4.79 Å². The summed E-state index contributed by atoms with van der Waals surface area (Å²) >= 11 is 0. The third-order valence-electron chi connectivity index (χ3n) is 6.79. The molecule has 1 aromatic heterocycles. The van der Waals surface area contributed by atoms with E-state index in [0.29, 0.717) is 24.4 Å². The molecule has 1 aliphatic carbocycles. The van der Waals surface area contributed by atoms with E-state index in [1.54, 1.807) is 0 Å². The minimum atomic E-state index is 0.305. The first kappa shape index (κ1) is 18.2. The van der Waals surface area contributed by atoms with Crippen LogP contribution in [-0.4, -0.2) is 65.6 Å². The summed E-state index contributed by atoms with van der Waals surface area (Å²) in [6, 6.07) is 9.54. The lowest BCUT2D eigenvalue weighted by Crippen LogP contribution is -2.64. The van der Waals surface area contributed by atoms with Gasteiger partial charge in [-0.1, -0.05) is 18.2 Å². The monoisotopic (exact) mass is 381 g/mol. The summed E-state index contributed by atoms with van der Waals surface area (Å²) in [5.41, 5.74) is 2.40. The zero-order valence-electron chi connectivity index (χ0n) is 16.6. The molecule has 28 heavy (non-hydrogen) atoms. The summed E-state index contributed by atoms with van der Waals surface area (Å²) in [4.78, 5) is 20.8. The van der Waals surface area contributed by atoms with Crippen molar-refractivity contribution in [3.05, 3.63) is 36.0 Å². The molecule has 1 saturated carbocycles. The van der Waals surface area contributed by atoms with Crippen molar-refractivity contribution in [3.63, 3.8) is 0 Å². The van der Waals surface area contributed by atoms with Crippen molar-refractivity contribution in [1.82, 2.24) is 14.8 Å². The van der Waals surface area contributed by atoms with Gasteiger partial charge in [-0.3, -0.25) is 9.69 Å². The van der Waals surface area contributed by atoms with E-state index in [4.69, 9.17) is 4.74 Å². The standard InChI is InChI=1S/C23H31N3O2/c27-23(8-7-18-13-24-22-4-2-1-3-21(18)22)25-15-20(16-25)26(14-17-5-6-17)19-9-11-28-12-10-19/h1-4,13,17,19-20,24H,5-12,14-16H2. The van der Waals surface area contributed by atoms with Gasteiger partial charge in [-0.25, -0.2) is 0 Å². The van der Waals surface area contributed by atoms with Crippen LogP contribution in [0.25, 0.3) is 10.9 Å². The fourth-order valence-corrected chi connectivity index (χ4v) is 4.82. The number of nitrogens with zero attached hydrogens (tertiary/aromatic N) is 2. The number of nitrogens with one attached hydrogen (secondary N) is 1. The van der Waals surface area contributed by atoms with Crippen LogP contribution in [0.5, 0.6) is 0 Å². The van der Waals surface area contributed by atoms with Crippen molar-refractivity contribution in [2.24, 2.45) is 5.92 Å². The molecule has 5 nitrogen and oxygen atoms in total. The molecular formula is C23H31N3O2. The number of hydrogen-bond acceptors (Lipinski definition) is 3. The molecule has 2 aromatic rings. The molecule has 0 unspecified atom stereocenters.